The Hall–Kier alpha value is -1.75. The van der Waals surface area contributed by atoms with Crippen LogP contribution in [0.4, 0.5) is 0 Å². The number of aromatic amines is 1. The Kier molecular flexibility index (Phi) is 4.12. The van der Waals surface area contributed by atoms with Gasteiger partial charge in [-0.05, 0) is 42.3 Å². The molecule has 0 bridgehead atoms. The molecule has 0 saturated heterocycles. The van der Waals surface area contributed by atoms with Gasteiger partial charge in [0.1, 0.15) is 0 Å². The highest BCUT2D eigenvalue weighted by Crippen LogP contribution is 2.31. The van der Waals surface area contributed by atoms with E-state index in [9.17, 15) is 4.79 Å². The van der Waals surface area contributed by atoms with Gasteiger partial charge in [0.2, 0.25) is 0 Å². The quantitative estimate of drug-likeness (QED) is 0.632. The topological polar surface area (TPSA) is 36.1 Å². The van der Waals surface area contributed by atoms with Crippen LogP contribution in [0.5, 0.6) is 0 Å². The summed E-state index contributed by atoms with van der Waals surface area (Å²) in [4.78, 5) is 18.3. The monoisotopic (exact) mass is 376 g/mol. The van der Waals surface area contributed by atoms with Crippen LogP contribution in [-0.4, -0.2) is 28.9 Å². The van der Waals surface area contributed by atoms with E-state index in [2.05, 4.69) is 11.1 Å². The number of hydrogen-bond donors (Lipinski definition) is 1. The van der Waals surface area contributed by atoms with Crippen molar-refractivity contribution in [3.05, 3.63) is 62.4 Å². The summed E-state index contributed by atoms with van der Waals surface area (Å²) < 4.78 is 0.641. The number of nitrogens with one attached hydrogen (secondary N) is 1. The second kappa shape index (κ2) is 6.28. The number of carbonyl (C=O) groups is 1. The highest BCUT2D eigenvalue weighted by Gasteiger charge is 2.21. The zero-order valence-electron chi connectivity index (χ0n) is 12.7. The van der Waals surface area contributed by atoms with E-state index in [1.54, 1.807) is 12.1 Å². The molecule has 1 aliphatic heterocycles. The van der Waals surface area contributed by atoms with E-state index in [0.29, 0.717) is 22.3 Å². The number of H-pyrrole nitrogens is 1. The van der Waals surface area contributed by atoms with Crippen molar-refractivity contribution in [3.8, 4) is 0 Å². The first-order chi connectivity index (χ1) is 11.6. The fraction of sp³-hybridized carbons (Fsp3) is 0.167. The summed E-state index contributed by atoms with van der Waals surface area (Å²) in [6.07, 6.45) is 4.97. The standard InChI is InChI=1S/C18H14Cl2N2OS/c19-12-1-2-15-13(9-12)14(10-21-15)11-5-7-22(8-6-11)18(23)16-3-4-17(20)24-16/h1-5,9-10,21H,6-8H2. The van der Waals surface area contributed by atoms with E-state index in [1.807, 2.05) is 29.3 Å². The van der Waals surface area contributed by atoms with Crippen molar-refractivity contribution in [3.63, 3.8) is 0 Å². The maximum Gasteiger partial charge on any atom is 0.264 e. The highest BCUT2D eigenvalue weighted by atomic mass is 35.5. The Morgan fingerprint density at radius 2 is 2.08 bits per heavy atom. The van der Waals surface area contributed by atoms with E-state index >= 15 is 0 Å². The lowest BCUT2D eigenvalue weighted by Gasteiger charge is -2.26. The lowest BCUT2D eigenvalue weighted by molar-refractivity contribution is 0.0777. The molecular formula is C18H14Cl2N2OS. The van der Waals surface area contributed by atoms with Crippen molar-refractivity contribution in [2.75, 3.05) is 13.1 Å². The van der Waals surface area contributed by atoms with Gasteiger partial charge in [0.25, 0.3) is 5.91 Å². The summed E-state index contributed by atoms with van der Waals surface area (Å²) >= 11 is 13.4. The van der Waals surface area contributed by atoms with Gasteiger partial charge in [0.05, 0.1) is 9.21 Å². The summed E-state index contributed by atoms with van der Waals surface area (Å²) in [7, 11) is 0. The first kappa shape index (κ1) is 15.8. The van der Waals surface area contributed by atoms with Crippen LogP contribution >= 0.6 is 34.5 Å². The number of thiophene rings is 1. The number of fused-ring (bicyclic) bond motifs is 1. The molecule has 24 heavy (non-hydrogen) atoms. The molecule has 0 saturated carbocycles. The van der Waals surface area contributed by atoms with Crippen molar-refractivity contribution in [1.82, 2.24) is 9.88 Å². The fourth-order valence-electron chi connectivity index (χ4n) is 3.04. The van der Waals surface area contributed by atoms with Gasteiger partial charge < -0.3 is 9.88 Å². The average molecular weight is 377 g/mol. The van der Waals surface area contributed by atoms with Gasteiger partial charge in [-0.2, -0.15) is 0 Å². The molecule has 3 aromatic rings. The lowest BCUT2D eigenvalue weighted by Crippen LogP contribution is -2.34. The minimum Gasteiger partial charge on any atom is -0.361 e. The summed E-state index contributed by atoms with van der Waals surface area (Å²) in [5.74, 6) is 0.0455. The molecule has 6 heteroatoms. The van der Waals surface area contributed by atoms with Gasteiger partial charge >= 0.3 is 0 Å². The number of halogens is 2. The summed E-state index contributed by atoms with van der Waals surface area (Å²) in [5, 5.41) is 1.85. The third-order valence-corrected chi connectivity index (χ3v) is 5.72. The van der Waals surface area contributed by atoms with Gasteiger partial charge in [-0.3, -0.25) is 4.79 Å². The second-order valence-corrected chi connectivity index (χ2v) is 7.88. The van der Waals surface area contributed by atoms with E-state index in [-0.39, 0.29) is 5.91 Å². The molecule has 0 radical (unpaired) electrons. The van der Waals surface area contributed by atoms with Gasteiger partial charge in [-0.1, -0.05) is 29.3 Å². The number of amides is 1. The molecule has 1 amide bonds. The van der Waals surface area contributed by atoms with E-state index in [1.165, 1.54) is 22.5 Å². The van der Waals surface area contributed by atoms with Crippen LogP contribution in [0.1, 0.15) is 21.7 Å². The molecule has 1 N–H and O–H groups in total. The molecule has 0 spiro atoms. The van der Waals surface area contributed by atoms with Gasteiger partial charge in [0.15, 0.2) is 0 Å². The van der Waals surface area contributed by atoms with Crippen LogP contribution in [0, 0.1) is 0 Å². The lowest BCUT2D eigenvalue weighted by atomic mass is 9.99. The van der Waals surface area contributed by atoms with Gasteiger partial charge in [-0.25, -0.2) is 0 Å². The number of hydrogen-bond acceptors (Lipinski definition) is 2. The predicted octanol–water partition coefficient (Wildman–Crippen LogP) is 5.47. The Morgan fingerprint density at radius 3 is 2.79 bits per heavy atom. The molecule has 0 unspecified atom stereocenters. The smallest absolute Gasteiger partial charge is 0.264 e. The van der Waals surface area contributed by atoms with Crippen molar-refractivity contribution in [2.24, 2.45) is 0 Å². The van der Waals surface area contributed by atoms with Crippen LogP contribution in [0.25, 0.3) is 16.5 Å². The van der Waals surface area contributed by atoms with Crippen LogP contribution in [-0.2, 0) is 0 Å². The predicted molar refractivity (Wildman–Crippen MR) is 101 cm³/mol. The second-order valence-electron chi connectivity index (χ2n) is 5.73. The number of benzene rings is 1. The maximum absolute atomic E-state index is 12.5. The molecule has 0 aliphatic carbocycles. The van der Waals surface area contributed by atoms with Crippen LogP contribution < -0.4 is 0 Å². The normalized spacial score (nSPS) is 14.9. The maximum atomic E-state index is 12.5. The van der Waals surface area contributed by atoms with Gasteiger partial charge in [-0.15, -0.1) is 11.3 Å². The van der Waals surface area contributed by atoms with Crippen molar-refractivity contribution >= 4 is 56.9 Å². The van der Waals surface area contributed by atoms with Crippen LogP contribution in [0.3, 0.4) is 0 Å². The molecule has 4 rings (SSSR count). The molecule has 2 aromatic heterocycles. The van der Waals surface area contributed by atoms with E-state index in [0.717, 1.165) is 22.3 Å². The average Bonchev–Trinajstić information content (AvgIpc) is 3.20. The van der Waals surface area contributed by atoms with Crippen molar-refractivity contribution in [1.29, 1.82) is 0 Å². The van der Waals surface area contributed by atoms with Crippen molar-refractivity contribution < 1.29 is 4.79 Å². The Labute approximate surface area is 153 Å². The molecule has 1 aromatic carbocycles. The SMILES string of the molecule is O=C(c1ccc(Cl)s1)N1CC=C(c2c[nH]c3ccc(Cl)cc23)CC1. The first-order valence-electron chi connectivity index (χ1n) is 7.62. The molecule has 0 atom stereocenters. The molecule has 0 fully saturated rings. The zero-order valence-corrected chi connectivity index (χ0v) is 15.0. The number of aromatic nitrogens is 1. The number of rotatable bonds is 2. The van der Waals surface area contributed by atoms with E-state index in [4.69, 9.17) is 23.2 Å². The Morgan fingerprint density at radius 1 is 1.21 bits per heavy atom. The Balaban J connectivity index is 1.58. The summed E-state index contributed by atoms with van der Waals surface area (Å²) in [5.41, 5.74) is 3.48. The van der Waals surface area contributed by atoms with Crippen LogP contribution in [0.2, 0.25) is 9.36 Å². The molecule has 3 heterocycles. The minimum absolute atomic E-state index is 0.0455. The van der Waals surface area contributed by atoms with Crippen molar-refractivity contribution in [2.45, 2.75) is 6.42 Å². The third-order valence-electron chi connectivity index (χ3n) is 4.27. The third kappa shape index (κ3) is 2.86. The first-order valence-corrected chi connectivity index (χ1v) is 9.20. The Bertz CT molecular complexity index is 957. The molecule has 3 nitrogen and oxygen atoms in total. The molecular weight excluding hydrogens is 363 g/mol. The molecule has 1 aliphatic rings. The minimum atomic E-state index is 0.0455. The largest absolute Gasteiger partial charge is 0.361 e. The summed E-state index contributed by atoms with van der Waals surface area (Å²) in [6, 6.07) is 9.40. The number of nitrogens with zero attached hydrogens (tertiary/aromatic N) is 1. The zero-order chi connectivity index (χ0) is 16.7. The number of carbonyl (C=O) groups excluding carboxylic acids is 1. The van der Waals surface area contributed by atoms with E-state index < -0.39 is 0 Å². The fourth-order valence-corrected chi connectivity index (χ4v) is 4.22. The highest BCUT2D eigenvalue weighted by molar-refractivity contribution is 7.17. The summed E-state index contributed by atoms with van der Waals surface area (Å²) in [6.45, 7) is 1.31. The van der Waals surface area contributed by atoms with Crippen LogP contribution in [0.15, 0.2) is 42.6 Å². The van der Waals surface area contributed by atoms with Gasteiger partial charge in [0, 0.05) is 40.8 Å². The molecule has 122 valence electrons.